The Labute approximate surface area is 116 Å². The summed E-state index contributed by atoms with van der Waals surface area (Å²) in [6, 6.07) is 3.91. The predicted molar refractivity (Wildman–Crippen MR) is 79.1 cm³/mol. The van der Waals surface area contributed by atoms with Crippen molar-refractivity contribution in [2.45, 2.75) is 19.3 Å². The van der Waals surface area contributed by atoms with Crippen molar-refractivity contribution in [3.8, 4) is 11.3 Å². The Kier molecular flexibility index (Phi) is 3.16. The summed E-state index contributed by atoms with van der Waals surface area (Å²) in [4.78, 5) is 4.04. The highest BCUT2D eigenvalue weighted by Crippen LogP contribution is 2.31. The van der Waals surface area contributed by atoms with Gasteiger partial charge >= 0.3 is 0 Å². The van der Waals surface area contributed by atoms with Gasteiger partial charge in [0.2, 0.25) is 0 Å². The summed E-state index contributed by atoms with van der Waals surface area (Å²) in [6.45, 7) is 0.928. The summed E-state index contributed by atoms with van der Waals surface area (Å²) in [5.41, 5.74) is 8.94. The molecule has 19 heavy (non-hydrogen) atoms. The van der Waals surface area contributed by atoms with Crippen LogP contribution in [-0.2, 0) is 6.42 Å². The van der Waals surface area contributed by atoms with Gasteiger partial charge in [0.1, 0.15) is 5.82 Å². The van der Waals surface area contributed by atoms with Gasteiger partial charge in [-0.2, -0.15) is 9.78 Å². The first-order valence-electron chi connectivity index (χ1n) is 6.33. The number of nitrogens with two attached hydrogens (primary N) is 1. The normalized spacial score (nSPS) is 14.3. The standard InChI is InChI=1S/C13H15N5S/c14-13(19)18-12-10(3-1-2-6-16-12)11(17-18)9-4-7-15-8-5-9/h4-5,7-8,16H,1-3,6H2,(H2,14,19). The zero-order valence-electron chi connectivity index (χ0n) is 10.5. The number of nitrogens with one attached hydrogen (secondary N) is 1. The Morgan fingerprint density at radius 2 is 2.11 bits per heavy atom. The van der Waals surface area contributed by atoms with E-state index < -0.39 is 0 Å². The van der Waals surface area contributed by atoms with Crippen molar-refractivity contribution in [3.05, 3.63) is 30.1 Å². The molecule has 0 saturated carbocycles. The zero-order chi connectivity index (χ0) is 13.2. The van der Waals surface area contributed by atoms with Crippen LogP contribution >= 0.6 is 12.2 Å². The molecule has 0 fully saturated rings. The van der Waals surface area contributed by atoms with Crippen LogP contribution in [0.4, 0.5) is 5.82 Å². The maximum atomic E-state index is 5.76. The van der Waals surface area contributed by atoms with Crippen molar-refractivity contribution in [2.24, 2.45) is 5.73 Å². The van der Waals surface area contributed by atoms with E-state index in [0.717, 1.165) is 42.9 Å². The van der Waals surface area contributed by atoms with Crippen molar-refractivity contribution in [2.75, 3.05) is 11.9 Å². The molecule has 3 heterocycles. The number of fused-ring (bicyclic) bond motifs is 1. The topological polar surface area (TPSA) is 68.8 Å². The molecule has 0 aromatic carbocycles. The van der Waals surface area contributed by atoms with E-state index in [1.165, 1.54) is 5.56 Å². The maximum absolute atomic E-state index is 5.76. The third-order valence-corrected chi connectivity index (χ3v) is 3.46. The molecule has 0 spiro atoms. The minimum atomic E-state index is 0.269. The van der Waals surface area contributed by atoms with Gasteiger partial charge < -0.3 is 11.1 Å². The molecule has 3 N–H and O–H groups in total. The Balaban J connectivity index is 2.17. The molecule has 0 aliphatic carbocycles. The fourth-order valence-electron chi connectivity index (χ4n) is 2.40. The molecule has 5 nitrogen and oxygen atoms in total. The van der Waals surface area contributed by atoms with Crippen LogP contribution in [0.15, 0.2) is 24.5 Å². The lowest BCUT2D eigenvalue weighted by molar-refractivity contribution is 0.782. The molecule has 2 aromatic heterocycles. The van der Waals surface area contributed by atoms with Crippen molar-refractivity contribution in [1.82, 2.24) is 14.8 Å². The maximum Gasteiger partial charge on any atom is 0.193 e. The minimum absolute atomic E-state index is 0.269. The van der Waals surface area contributed by atoms with Crippen LogP contribution in [0.2, 0.25) is 0 Å². The molecule has 6 heteroatoms. The Hall–Kier alpha value is -1.95. The van der Waals surface area contributed by atoms with Gasteiger partial charge in [-0.05, 0) is 43.6 Å². The molecule has 0 radical (unpaired) electrons. The molecule has 3 rings (SSSR count). The number of pyridine rings is 1. The molecule has 98 valence electrons. The van der Waals surface area contributed by atoms with Gasteiger partial charge in [-0.15, -0.1) is 0 Å². The van der Waals surface area contributed by atoms with Crippen LogP contribution in [0, 0.1) is 0 Å². The van der Waals surface area contributed by atoms with Gasteiger partial charge in [-0.3, -0.25) is 4.98 Å². The molecule has 2 aromatic rings. The second kappa shape index (κ2) is 4.97. The molecular weight excluding hydrogens is 258 g/mol. The van der Waals surface area contributed by atoms with Gasteiger partial charge in [-0.1, -0.05) is 0 Å². The zero-order valence-corrected chi connectivity index (χ0v) is 11.3. The van der Waals surface area contributed by atoms with E-state index in [1.807, 2.05) is 12.1 Å². The van der Waals surface area contributed by atoms with E-state index in [4.69, 9.17) is 18.0 Å². The molecule has 0 amide bonds. The largest absolute Gasteiger partial charge is 0.374 e. The number of hydrogen-bond donors (Lipinski definition) is 2. The highest BCUT2D eigenvalue weighted by molar-refractivity contribution is 7.80. The highest BCUT2D eigenvalue weighted by Gasteiger charge is 2.21. The molecular formula is C13H15N5S. The lowest BCUT2D eigenvalue weighted by Gasteiger charge is -2.06. The SMILES string of the molecule is NC(=S)n1nc(-c2ccncc2)c2c1NCCCC2. The first kappa shape index (κ1) is 12.1. The highest BCUT2D eigenvalue weighted by atomic mass is 32.1. The number of rotatable bonds is 1. The van der Waals surface area contributed by atoms with E-state index in [-0.39, 0.29) is 5.11 Å². The van der Waals surface area contributed by atoms with Crippen LogP contribution in [0.3, 0.4) is 0 Å². The van der Waals surface area contributed by atoms with E-state index in [2.05, 4.69) is 15.4 Å². The number of thiocarbonyl (C=S) groups is 1. The van der Waals surface area contributed by atoms with E-state index >= 15 is 0 Å². The number of nitrogens with zero attached hydrogens (tertiary/aromatic N) is 3. The monoisotopic (exact) mass is 273 g/mol. The fourth-order valence-corrected chi connectivity index (χ4v) is 2.54. The Morgan fingerprint density at radius 1 is 1.32 bits per heavy atom. The van der Waals surface area contributed by atoms with Gasteiger partial charge in [0.15, 0.2) is 5.11 Å². The molecule has 1 aliphatic heterocycles. The Morgan fingerprint density at radius 3 is 2.84 bits per heavy atom. The second-order valence-electron chi connectivity index (χ2n) is 4.55. The third kappa shape index (κ3) is 2.19. The van der Waals surface area contributed by atoms with Crippen LogP contribution < -0.4 is 11.1 Å². The van der Waals surface area contributed by atoms with Gasteiger partial charge in [-0.25, -0.2) is 0 Å². The number of aromatic nitrogens is 3. The Bertz CT molecular complexity index is 605. The smallest absolute Gasteiger partial charge is 0.193 e. The summed E-state index contributed by atoms with van der Waals surface area (Å²) in [6.07, 6.45) is 6.81. The molecule has 0 unspecified atom stereocenters. The first-order valence-corrected chi connectivity index (χ1v) is 6.74. The molecule has 0 bridgehead atoms. The van der Waals surface area contributed by atoms with Crippen LogP contribution in [0.5, 0.6) is 0 Å². The lowest BCUT2D eigenvalue weighted by atomic mass is 10.0. The minimum Gasteiger partial charge on any atom is -0.374 e. The van der Waals surface area contributed by atoms with Crippen molar-refractivity contribution in [1.29, 1.82) is 0 Å². The summed E-state index contributed by atoms with van der Waals surface area (Å²) < 4.78 is 1.63. The molecule has 0 atom stereocenters. The predicted octanol–water partition coefficient (Wildman–Crippen LogP) is 1.79. The van der Waals surface area contributed by atoms with Crippen LogP contribution in [-0.4, -0.2) is 26.4 Å². The first-order chi connectivity index (χ1) is 9.27. The second-order valence-corrected chi connectivity index (χ2v) is 4.96. The van der Waals surface area contributed by atoms with Crippen LogP contribution in [0.25, 0.3) is 11.3 Å². The van der Waals surface area contributed by atoms with E-state index in [1.54, 1.807) is 17.1 Å². The van der Waals surface area contributed by atoms with Crippen molar-refractivity contribution >= 4 is 23.1 Å². The lowest BCUT2D eigenvalue weighted by Crippen LogP contribution is -2.22. The summed E-state index contributed by atoms with van der Waals surface area (Å²) in [7, 11) is 0. The number of anilines is 1. The van der Waals surface area contributed by atoms with E-state index in [0.29, 0.717) is 0 Å². The summed E-state index contributed by atoms with van der Waals surface area (Å²) >= 11 is 5.08. The fraction of sp³-hybridized carbons (Fsp3) is 0.308. The summed E-state index contributed by atoms with van der Waals surface area (Å²) in [5.74, 6) is 0.941. The average molecular weight is 273 g/mol. The molecule has 1 aliphatic rings. The van der Waals surface area contributed by atoms with Gasteiger partial charge in [0, 0.05) is 30.1 Å². The van der Waals surface area contributed by atoms with Crippen molar-refractivity contribution < 1.29 is 0 Å². The molecule has 0 saturated heterocycles. The van der Waals surface area contributed by atoms with Gasteiger partial charge in [0.25, 0.3) is 0 Å². The quantitative estimate of drug-likeness (QED) is 0.775. The average Bonchev–Trinajstić information content (AvgIpc) is 2.62. The number of hydrogen-bond acceptors (Lipinski definition) is 4. The van der Waals surface area contributed by atoms with Gasteiger partial charge in [0.05, 0.1) is 5.69 Å². The van der Waals surface area contributed by atoms with Crippen LogP contribution in [0.1, 0.15) is 18.4 Å². The summed E-state index contributed by atoms with van der Waals surface area (Å²) in [5, 5.41) is 8.22. The third-order valence-electron chi connectivity index (χ3n) is 3.29. The van der Waals surface area contributed by atoms with E-state index in [9.17, 15) is 0 Å². The van der Waals surface area contributed by atoms with Crippen molar-refractivity contribution in [3.63, 3.8) is 0 Å².